The Morgan fingerprint density at radius 3 is 2.57 bits per heavy atom. The third-order valence-electron chi connectivity index (χ3n) is 1.84. The Kier molecular flexibility index (Phi) is 2.07. The molecule has 0 radical (unpaired) electrons. The molecule has 0 spiro atoms. The minimum Gasteiger partial charge on any atom is -0.244 e. The second kappa shape index (κ2) is 3.13. The lowest BCUT2D eigenvalue weighted by Gasteiger charge is -2.02. The van der Waals surface area contributed by atoms with E-state index >= 15 is 0 Å². The molecule has 0 aliphatic heterocycles. The van der Waals surface area contributed by atoms with Crippen LogP contribution in [0.25, 0.3) is 10.8 Å². The summed E-state index contributed by atoms with van der Waals surface area (Å²) in [5, 5.41) is -0.201. The lowest BCUT2D eigenvalue weighted by atomic mass is 10.1. The van der Waals surface area contributed by atoms with Gasteiger partial charge in [-0.25, -0.2) is 18.2 Å². The van der Waals surface area contributed by atoms with E-state index in [-0.39, 0.29) is 15.9 Å². The van der Waals surface area contributed by atoms with Gasteiger partial charge in [0.25, 0.3) is 0 Å². The minimum atomic E-state index is -1.53. The van der Waals surface area contributed by atoms with E-state index in [4.69, 9.17) is 11.6 Å². The zero-order chi connectivity index (χ0) is 10.3. The van der Waals surface area contributed by atoms with Crippen LogP contribution in [0.15, 0.2) is 18.3 Å². The molecule has 1 heterocycles. The zero-order valence-electron chi connectivity index (χ0n) is 6.69. The van der Waals surface area contributed by atoms with Crippen LogP contribution >= 0.6 is 11.6 Å². The highest BCUT2D eigenvalue weighted by Gasteiger charge is 2.15. The van der Waals surface area contributed by atoms with Gasteiger partial charge in [-0.3, -0.25) is 0 Å². The van der Waals surface area contributed by atoms with Crippen molar-refractivity contribution in [2.24, 2.45) is 0 Å². The molecule has 2 aromatic rings. The first-order valence-electron chi connectivity index (χ1n) is 3.69. The monoisotopic (exact) mass is 217 g/mol. The summed E-state index contributed by atoms with van der Waals surface area (Å²) in [5.74, 6) is -4.08. The van der Waals surface area contributed by atoms with E-state index < -0.39 is 17.5 Å². The average Bonchev–Trinajstić information content (AvgIpc) is 2.14. The lowest BCUT2D eigenvalue weighted by Crippen LogP contribution is -1.93. The molecule has 14 heavy (non-hydrogen) atoms. The lowest BCUT2D eigenvalue weighted by molar-refractivity contribution is 0.453. The van der Waals surface area contributed by atoms with Gasteiger partial charge in [0.15, 0.2) is 17.5 Å². The second-order valence-corrected chi connectivity index (χ2v) is 3.04. The molecule has 1 aromatic heterocycles. The summed E-state index contributed by atoms with van der Waals surface area (Å²) in [4.78, 5) is 3.58. The Labute approximate surface area is 82.1 Å². The molecule has 2 rings (SSSR count). The Morgan fingerprint density at radius 1 is 1.14 bits per heavy atom. The summed E-state index contributed by atoms with van der Waals surface area (Å²) in [6.45, 7) is 0. The molecule has 5 heteroatoms. The van der Waals surface area contributed by atoms with Crippen LogP contribution in [-0.2, 0) is 0 Å². The van der Waals surface area contributed by atoms with Crippen LogP contribution in [-0.4, -0.2) is 4.98 Å². The molecular formula is C9H3ClF3N. The van der Waals surface area contributed by atoms with Gasteiger partial charge in [-0.15, -0.1) is 0 Å². The van der Waals surface area contributed by atoms with Crippen molar-refractivity contribution in [2.75, 3.05) is 0 Å². The largest absolute Gasteiger partial charge is 0.244 e. The number of pyridine rings is 1. The van der Waals surface area contributed by atoms with Gasteiger partial charge in [0.05, 0.1) is 5.39 Å². The summed E-state index contributed by atoms with van der Waals surface area (Å²) in [7, 11) is 0. The van der Waals surface area contributed by atoms with Gasteiger partial charge in [-0.1, -0.05) is 11.6 Å². The van der Waals surface area contributed by atoms with Crippen LogP contribution in [0.2, 0.25) is 5.15 Å². The topological polar surface area (TPSA) is 12.9 Å². The van der Waals surface area contributed by atoms with Gasteiger partial charge in [-0.2, -0.15) is 0 Å². The molecule has 0 bridgehead atoms. The first-order valence-corrected chi connectivity index (χ1v) is 4.07. The predicted octanol–water partition coefficient (Wildman–Crippen LogP) is 3.31. The number of benzene rings is 1. The number of hydrogen-bond donors (Lipinski definition) is 0. The Hall–Kier alpha value is -1.29. The zero-order valence-corrected chi connectivity index (χ0v) is 7.45. The second-order valence-electron chi connectivity index (χ2n) is 2.69. The summed E-state index contributed by atoms with van der Waals surface area (Å²) in [6.07, 6.45) is 1.29. The van der Waals surface area contributed by atoms with Crippen molar-refractivity contribution in [3.05, 3.63) is 40.9 Å². The highest BCUT2D eigenvalue weighted by molar-refractivity contribution is 6.34. The van der Waals surface area contributed by atoms with Gasteiger partial charge in [0.2, 0.25) is 0 Å². The van der Waals surface area contributed by atoms with Crippen molar-refractivity contribution in [3.8, 4) is 0 Å². The average molecular weight is 218 g/mol. The van der Waals surface area contributed by atoms with E-state index in [1.807, 2.05) is 0 Å². The van der Waals surface area contributed by atoms with E-state index in [2.05, 4.69) is 4.98 Å². The van der Waals surface area contributed by atoms with E-state index in [1.54, 1.807) is 0 Å². The molecule has 0 aliphatic carbocycles. The molecule has 72 valence electrons. The van der Waals surface area contributed by atoms with Crippen LogP contribution in [0.3, 0.4) is 0 Å². The fraction of sp³-hybridized carbons (Fsp3) is 0. The molecule has 0 atom stereocenters. The van der Waals surface area contributed by atoms with Crippen molar-refractivity contribution in [3.63, 3.8) is 0 Å². The van der Waals surface area contributed by atoms with Crippen molar-refractivity contribution < 1.29 is 13.2 Å². The molecule has 1 aromatic carbocycles. The molecule has 0 amide bonds. The highest BCUT2D eigenvalue weighted by Crippen LogP contribution is 2.27. The number of aromatic nitrogens is 1. The molecule has 0 saturated carbocycles. The van der Waals surface area contributed by atoms with Gasteiger partial charge < -0.3 is 0 Å². The standard InChI is InChI=1S/C9H3ClF3N/c10-9-6-4(1-2-14-9)3-5(11)7(12)8(6)13/h1-3H. The number of hydrogen-bond acceptors (Lipinski definition) is 1. The van der Waals surface area contributed by atoms with E-state index in [1.165, 1.54) is 12.3 Å². The maximum absolute atomic E-state index is 13.2. The fourth-order valence-corrected chi connectivity index (χ4v) is 1.45. The summed E-state index contributed by atoms with van der Waals surface area (Å²) >= 11 is 5.55. The van der Waals surface area contributed by atoms with Crippen LogP contribution in [0, 0.1) is 17.5 Å². The summed E-state index contributed by atoms with van der Waals surface area (Å²) in [5.41, 5.74) is 0. The molecule has 0 aliphatic rings. The third kappa shape index (κ3) is 1.23. The molecule has 1 nitrogen and oxygen atoms in total. The fourth-order valence-electron chi connectivity index (χ4n) is 1.20. The third-order valence-corrected chi connectivity index (χ3v) is 2.13. The Bertz CT molecular complexity index is 513. The van der Waals surface area contributed by atoms with Crippen LogP contribution < -0.4 is 0 Å². The maximum atomic E-state index is 13.2. The summed E-state index contributed by atoms with van der Waals surface area (Å²) in [6, 6.07) is 2.23. The minimum absolute atomic E-state index is 0.182. The van der Waals surface area contributed by atoms with Gasteiger partial charge in [0.1, 0.15) is 5.15 Å². The van der Waals surface area contributed by atoms with Gasteiger partial charge >= 0.3 is 0 Å². The first-order chi connectivity index (χ1) is 6.61. The van der Waals surface area contributed by atoms with Crippen LogP contribution in [0.1, 0.15) is 0 Å². The molecule has 0 fully saturated rings. The van der Waals surface area contributed by atoms with E-state index in [9.17, 15) is 13.2 Å². The first kappa shape index (κ1) is 9.27. The van der Waals surface area contributed by atoms with Crippen molar-refractivity contribution in [2.45, 2.75) is 0 Å². The number of nitrogens with zero attached hydrogens (tertiary/aromatic N) is 1. The van der Waals surface area contributed by atoms with Gasteiger partial charge in [0, 0.05) is 6.20 Å². The van der Waals surface area contributed by atoms with E-state index in [0.717, 1.165) is 6.07 Å². The van der Waals surface area contributed by atoms with Crippen molar-refractivity contribution in [1.82, 2.24) is 4.98 Å². The number of halogens is 4. The van der Waals surface area contributed by atoms with Crippen molar-refractivity contribution >= 4 is 22.4 Å². The highest BCUT2D eigenvalue weighted by atomic mass is 35.5. The SMILES string of the molecule is Fc1cc2ccnc(Cl)c2c(F)c1F. The van der Waals surface area contributed by atoms with Crippen molar-refractivity contribution in [1.29, 1.82) is 0 Å². The quantitative estimate of drug-likeness (QED) is 0.487. The number of rotatable bonds is 0. The van der Waals surface area contributed by atoms with E-state index in [0.29, 0.717) is 0 Å². The Balaban J connectivity index is 2.99. The molecule has 0 N–H and O–H groups in total. The smallest absolute Gasteiger partial charge is 0.195 e. The number of fused-ring (bicyclic) bond motifs is 1. The molecule has 0 unspecified atom stereocenters. The van der Waals surface area contributed by atoms with Gasteiger partial charge in [-0.05, 0) is 17.5 Å². The summed E-state index contributed by atoms with van der Waals surface area (Å²) < 4.78 is 38.7. The normalized spacial score (nSPS) is 10.9. The van der Waals surface area contributed by atoms with Crippen LogP contribution in [0.4, 0.5) is 13.2 Å². The molecular weight excluding hydrogens is 215 g/mol. The molecule has 0 saturated heterocycles. The Morgan fingerprint density at radius 2 is 1.86 bits per heavy atom. The predicted molar refractivity (Wildman–Crippen MR) is 46.6 cm³/mol. The van der Waals surface area contributed by atoms with Crippen LogP contribution in [0.5, 0.6) is 0 Å². The maximum Gasteiger partial charge on any atom is 0.195 e.